The highest BCUT2D eigenvalue weighted by Crippen LogP contribution is 2.27. The molecule has 0 saturated carbocycles. The van der Waals surface area contributed by atoms with E-state index >= 15 is 0 Å². The molecule has 2 atom stereocenters. The summed E-state index contributed by atoms with van der Waals surface area (Å²) in [6.07, 6.45) is 2.97. The first-order chi connectivity index (χ1) is 7.13. The lowest BCUT2D eigenvalue weighted by Gasteiger charge is -2.22. The van der Waals surface area contributed by atoms with E-state index in [2.05, 4.69) is 6.92 Å². The fourth-order valence-electron chi connectivity index (χ4n) is 2.24. The number of hydrogen-bond donors (Lipinski definition) is 0. The third-order valence-corrected chi connectivity index (χ3v) is 3.31. The van der Waals surface area contributed by atoms with Crippen LogP contribution in [-0.4, -0.2) is 29.2 Å². The fraction of sp³-hybridized carbons (Fsp3) is 0.833. The van der Waals surface area contributed by atoms with E-state index in [4.69, 9.17) is 0 Å². The van der Waals surface area contributed by atoms with Gasteiger partial charge in [0, 0.05) is 19.4 Å². The second kappa shape index (κ2) is 5.29. The van der Waals surface area contributed by atoms with Crippen LogP contribution in [0.15, 0.2) is 0 Å². The van der Waals surface area contributed by atoms with E-state index in [9.17, 15) is 9.59 Å². The summed E-state index contributed by atoms with van der Waals surface area (Å²) in [4.78, 5) is 25.2. The zero-order chi connectivity index (χ0) is 11.4. The summed E-state index contributed by atoms with van der Waals surface area (Å²) < 4.78 is 0. The van der Waals surface area contributed by atoms with E-state index in [1.54, 1.807) is 4.90 Å². The zero-order valence-electron chi connectivity index (χ0n) is 9.95. The molecule has 1 aliphatic rings. The lowest BCUT2D eigenvalue weighted by Crippen LogP contribution is -2.39. The number of carbonyl (C=O) groups is 2. The molecule has 1 aliphatic heterocycles. The number of carbonyl (C=O) groups excluding carboxylic acids is 2. The van der Waals surface area contributed by atoms with Gasteiger partial charge in [-0.2, -0.15) is 0 Å². The lowest BCUT2D eigenvalue weighted by atomic mass is 10.00. The van der Waals surface area contributed by atoms with Crippen LogP contribution in [0.25, 0.3) is 0 Å². The van der Waals surface area contributed by atoms with Gasteiger partial charge in [-0.05, 0) is 12.3 Å². The lowest BCUT2D eigenvalue weighted by molar-refractivity contribution is -0.137. The van der Waals surface area contributed by atoms with Crippen LogP contribution in [0.1, 0.15) is 46.5 Å². The first kappa shape index (κ1) is 12.2. The first-order valence-electron chi connectivity index (χ1n) is 5.96. The molecule has 0 spiro atoms. The number of Topliss-reactive ketones (excluding diaryl/α,β-unsaturated/α-hetero) is 1. The van der Waals surface area contributed by atoms with E-state index in [1.165, 1.54) is 0 Å². The number of ketones is 1. The van der Waals surface area contributed by atoms with Gasteiger partial charge in [0.2, 0.25) is 5.91 Å². The third kappa shape index (κ3) is 2.58. The maximum Gasteiger partial charge on any atom is 0.222 e. The molecular weight excluding hydrogens is 190 g/mol. The number of hydrogen-bond acceptors (Lipinski definition) is 2. The summed E-state index contributed by atoms with van der Waals surface area (Å²) in [5.74, 6) is 0.853. The van der Waals surface area contributed by atoms with Crippen LogP contribution in [0.3, 0.4) is 0 Å². The topological polar surface area (TPSA) is 37.4 Å². The van der Waals surface area contributed by atoms with E-state index in [0.29, 0.717) is 18.8 Å². The third-order valence-electron chi connectivity index (χ3n) is 3.31. The highest BCUT2D eigenvalue weighted by atomic mass is 16.2. The molecule has 0 bridgehead atoms. The molecule has 1 fully saturated rings. The van der Waals surface area contributed by atoms with E-state index in [-0.39, 0.29) is 17.7 Å². The van der Waals surface area contributed by atoms with Gasteiger partial charge in [0.05, 0.1) is 6.04 Å². The Morgan fingerprint density at radius 1 is 1.20 bits per heavy atom. The predicted molar refractivity (Wildman–Crippen MR) is 59.5 cm³/mol. The molecule has 1 heterocycles. The predicted octanol–water partition coefficient (Wildman–Crippen LogP) is 2.00. The molecule has 1 rings (SSSR count). The molecule has 3 heteroatoms. The van der Waals surface area contributed by atoms with Crippen LogP contribution in [0.5, 0.6) is 0 Å². The summed E-state index contributed by atoms with van der Waals surface area (Å²) in [7, 11) is 0. The van der Waals surface area contributed by atoms with Crippen LogP contribution in [0.2, 0.25) is 0 Å². The van der Waals surface area contributed by atoms with Gasteiger partial charge in [-0.1, -0.05) is 27.2 Å². The van der Waals surface area contributed by atoms with Crippen LogP contribution in [0.4, 0.5) is 0 Å². The quantitative estimate of drug-likeness (QED) is 0.713. The minimum Gasteiger partial charge on any atom is -0.332 e. The Labute approximate surface area is 91.8 Å². The Morgan fingerprint density at radius 3 is 2.33 bits per heavy atom. The fourth-order valence-corrected chi connectivity index (χ4v) is 2.24. The summed E-state index contributed by atoms with van der Waals surface area (Å²) >= 11 is 0. The van der Waals surface area contributed by atoms with Crippen molar-refractivity contribution in [3.8, 4) is 0 Å². The molecule has 3 nitrogen and oxygen atoms in total. The van der Waals surface area contributed by atoms with Crippen molar-refractivity contribution in [3.05, 3.63) is 0 Å². The van der Waals surface area contributed by atoms with Crippen molar-refractivity contribution >= 4 is 11.7 Å². The number of likely N-dealkylation sites (tertiary alicyclic amines) is 1. The monoisotopic (exact) mass is 211 g/mol. The van der Waals surface area contributed by atoms with Crippen LogP contribution < -0.4 is 0 Å². The van der Waals surface area contributed by atoms with Gasteiger partial charge in [0.1, 0.15) is 0 Å². The van der Waals surface area contributed by atoms with Crippen LogP contribution in [-0.2, 0) is 9.59 Å². The molecule has 1 amide bonds. The standard InChI is InChI=1S/C12H21NO2/c1-4-9-7-10(11(14)5-2)13(8-9)12(15)6-3/h9-10H,4-8H2,1-3H3. The maximum absolute atomic E-state index is 11.7. The molecule has 1 saturated heterocycles. The van der Waals surface area contributed by atoms with E-state index in [1.807, 2.05) is 13.8 Å². The average Bonchev–Trinajstić information content (AvgIpc) is 2.70. The van der Waals surface area contributed by atoms with Crippen LogP contribution >= 0.6 is 0 Å². The summed E-state index contributed by atoms with van der Waals surface area (Å²) in [5.41, 5.74) is 0. The van der Waals surface area contributed by atoms with Crippen molar-refractivity contribution < 1.29 is 9.59 Å². The Morgan fingerprint density at radius 2 is 1.87 bits per heavy atom. The van der Waals surface area contributed by atoms with Crippen molar-refractivity contribution in [3.63, 3.8) is 0 Å². The van der Waals surface area contributed by atoms with Gasteiger partial charge in [-0.15, -0.1) is 0 Å². The number of rotatable bonds is 4. The molecule has 0 aromatic carbocycles. The molecule has 0 aliphatic carbocycles. The molecule has 2 unspecified atom stereocenters. The van der Waals surface area contributed by atoms with Crippen molar-refractivity contribution in [2.75, 3.05) is 6.54 Å². The number of nitrogens with zero attached hydrogens (tertiary/aromatic N) is 1. The van der Waals surface area contributed by atoms with Crippen molar-refractivity contribution in [1.82, 2.24) is 4.90 Å². The van der Waals surface area contributed by atoms with Gasteiger partial charge in [0.15, 0.2) is 5.78 Å². The molecule has 15 heavy (non-hydrogen) atoms. The number of amides is 1. The second-order valence-corrected chi connectivity index (χ2v) is 4.25. The Hall–Kier alpha value is -0.860. The van der Waals surface area contributed by atoms with Gasteiger partial charge in [-0.25, -0.2) is 0 Å². The second-order valence-electron chi connectivity index (χ2n) is 4.25. The van der Waals surface area contributed by atoms with Gasteiger partial charge in [-0.3, -0.25) is 9.59 Å². The molecule has 0 aromatic heterocycles. The normalized spacial score (nSPS) is 25.7. The first-order valence-corrected chi connectivity index (χ1v) is 5.96. The Kier molecular flexibility index (Phi) is 4.30. The summed E-state index contributed by atoms with van der Waals surface area (Å²) in [6.45, 7) is 6.63. The van der Waals surface area contributed by atoms with E-state index < -0.39 is 0 Å². The zero-order valence-corrected chi connectivity index (χ0v) is 9.95. The largest absolute Gasteiger partial charge is 0.332 e. The summed E-state index contributed by atoms with van der Waals surface area (Å²) in [6, 6.07) is -0.132. The molecular formula is C12H21NO2. The molecule has 0 N–H and O–H groups in total. The van der Waals surface area contributed by atoms with Gasteiger partial charge in [0.25, 0.3) is 0 Å². The van der Waals surface area contributed by atoms with Crippen molar-refractivity contribution in [2.45, 2.75) is 52.5 Å². The SMILES string of the molecule is CCC(=O)C1CC(CC)CN1C(=O)CC. The summed E-state index contributed by atoms with van der Waals surface area (Å²) in [5, 5.41) is 0. The Bertz CT molecular complexity index is 226. The van der Waals surface area contributed by atoms with Gasteiger partial charge < -0.3 is 4.90 Å². The van der Waals surface area contributed by atoms with Crippen LogP contribution in [0, 0.1) is 5.92 Å². The maximum atomic E-state index is 11.7. The smallest absolute Gasteiger partial charge is 0.222 e. The minimum atomic E-state index is -0.132. The highest BCUT2D eigenvalue weighted by Gasteiger charge is 2.36. The minimum absolute atomic E-state index is 0.123. The molecule has 86 valence electrons. The Balaban J connectivity index is 2.73. The van der Waals surface area contributed by atoms with Crippen molar-refractivity contribution in [1.29, 1.82) is 0 Å². The van der Waals surface area contributed by atoms with E-state index in [0.717, 1.165) is 19.4 Å². The average molecular weight is 211 g/mol. The highest BCUT2D eigenvalue weighted by molar-refractivity contribution is 5.89. The van der Waals surface area contributed by atoms with Gasteiger partial charge >= 0.3 is 0 Å². The molecule has 0 radical (unpaired) electrons. The van der Waals surface area contributed by atoms with Crippen molar-refractivity contribution in [2.24, 2.45) is 5.92 Å². The molecule has 0 aromatic rings.